The number of nitrogens with one attached hydrogen (secondary N) is 4. The summed E-state index contributed by atoms with van der Waals surface area (Å²) in [5.74, 6) is -0.752. The summed E-state index contributed by atoms with van der Waals surface area (Å²) >= 11 is 6.01. The SMILES string of the molecule is C=CC1CC1(C=O)NC(=O)CCCNC(=O)c1ccc(Nc2nc(NC3(c4ccc(Cl)cc4)CC3)nc(OCC(F)(F)F)n2)cc1. The summed E-state index contributed by atoms with van der Waals surface area (Å²) in [6.45, 7) is 2.31. The van der Waals surface area contributed by atoms with Crippen LogP contribution in [-0.4, -0.2) is 57.9 Å². The van der Waals surface area contributed by atoms with Crippen LogP contribution in [0.4, 0.5) is 30.8 Å². The maximum atomic E-state index is 12.9. The van der Waals surface area contributed by atoms with E-state index in [1.165, 1.54) is 0 Å². The van der Waals surface area contributed by atoms with E-state index in [1.54, 1.807) is 42.5 Å². The number of carbonyl (C=O) groups excluding carboxylic acids is 3. The number of anilines is 3. The Bertz CT molecular complexity index is 1600. The van der Waals surface area contributed by atoms with Crippen LogP contribution in [0.1, 0.15) is 48.0 Å². The number of aldehydes is 1. The van der Waals surface area contributed by atoms with Gasteiger partial charge in [-0.15, -0.1) is 6.58 Å². The van der Waals surface area contributed by atoms with Gasteiger partial charge in [0.1, 0.15) is 11.8 Å². The van der Waals surface area contributed by atoms with Crippen LogP contribution in [0.2, 0.25) is 5.02 Å². The Hall–Kier alpha value is -4.72. The molecule has 0 spiro atoms. The number of aromatic nitrogens is 3. The van der Waals surface area contributed by atoms with E-state index in [0.29, 0.717) is 29.1 Å². The van der Waals surface area contributed by atoms with E-state index in [0.717, 1.165) is 24.7 Å². The van der Waals surface area contributed by atoms with Crippen LogP contribution in [0.5, 0.6) is 6.01 Å². The van der Waals surface area contributed by atoms with Crippen molar-refractivity contribution in [2.24, 2.45) is 5.92 Å². The highest BCUT2D eigenvalue weighted by molar-refractivity contribution is 6.30. The molecule has 2 aliphatic rings. The molecule has 0 bridgehead atoms. The lowest BCUT2D eigenvalue weighted by molar-refractivity contribution is -0.154. The van der Waals surface area contributed by atoms with E-state index in [4.69, 9.17) is 16.3 Å². The molecule has 2 saturated carbocycles. The van der Waals surface area contributed by atoms with E-state index < -0.39 is 29.9 Å². The predicted octanol–water partition coefficient (Wildman–Crippen LogP) is 5.08. The van der Waals surface area contributed by atoms with Crippen LogP contribution in [-0.2, 0) is 15.1 Å². The fourth-order valence-electron chi connectivity index (χ4n) is 4.89. The van der Waals surface area contributed by atoms with Crippen LogP contribution < -0.4 is 26.0 Å². The van der Waals surface area contributed by atoms with E-state index in [1.807, 2.05) is 12.1 Å². The van der Waals surface area contributed by atoms with Crippen molar-refractivity contribution in [3.8, 4) is 6.01 Å². The Morgan fingerprint density at radius 3 is 2.35 bits per heavy atom. The first-order valence-corrected chi connectivity index (χ1v) is 14.9. The Labute approximate surface area is 267 Å². The van der Waals surface area contributed by atoms with Gasteiger partial charge in [0.15, 0.2) is 6.61 Å². The van der Waals surface area contributed by atoms with E-state index >= 15 is 0 Å². The number of halogens is 4. The van der Waals surface area contributed by atoms with Gasteiger partial charge in [-0.05, 0) is 67.6 Å². The van der Waals surface area contributed by atoms with Gasteiger partial charge in [-0.1, -0.05) is 29.8 Å². The third-order valence-electron chi connectivity index (χ3n) is 7.67. The standard InChI is InChI=1S/C31H31ClF3N7O4/c1-2-20-16-30(20,17-43)41-24(44)4-3-15-36-25(45)19-5-11-23(12-6-19)37-26-38-27(40-28(39-26)46-18-31(33,34)35)42-29(13-14-29)21-7-9-22(32)10-8-21/h2,5-12,17,20H,1,3-4,13-16,18H2,(H,36,45)(H,41,44)(H2,37,38,39,40,42). The second-order valence-electron chi connectivity index (χ2n) is 11.2. The average molecular weight is 658 g/mol. The van der Waals surface area contributed by atoms with Gasteiger partial charge in [-0.25, -0.2) is 0 Å². The second-order valence-corrected chi connectivity index (χ2v) is 11.6. The van der Waals surface area contributed by atoms with Crippen LogP contribution in [0.15, 0.2) is 61.2 Å². The van der Waals surface area contributed by atoms with Crippen molar-refractivity contribution in [1.82, 2.24) is 25.6 Å². The van der Waals surface area contributed by atoms with Crippen molar-refractivity contribution < 1.29 is 32.3 Å². The molecule has 2 aromatic carbocycles. The van der Waals surface area contributed by atoms with Crippen molar-refractivity contribution in [1.29, 1.82) is 0 Å². The van der Waals surface area contributed by atoms with Crippen LogP contribution in [0, 0.1) is 5.92 Å². The minimum Gasteiger partial charge on any atom is -0.454 e. The van der Waals surface area contributed by atoms with Crippen molar-refractivity contribution >= 4 is 47.3 Å². The van der Waals surface area contributed by atoms with Crippen molar-refractivity contribution in [3.05, 3.63) is 77.3 Å². The van der Waals surface area contributed by atoms with Gasteiger partial charge in [0.25, 0.3) is 5.91 Å². The number of ether oxygens (including phenoxy) is 1. The summed E-state index contributed by atoms with van der Waals surface area (Å²) in [6.07, 6.45) is 0.330. The molecule has 2 amide bonds. The number of hydrogen-bond donors (Lipinski definition) is 4. The molecule has 0 saturated heterocycles. The summed E-state index contributed by atoms with van der Waals surface area (Å²) in [5, 5.41) is 12.2. The smallest absolute Gasteiger partial charge is 0.422 e. The highest BCUT2D eigenvalue weighted by Gasteiger charge is 2.53. The Morgan fingerprint density at radius 1 is 1.04 bits per heavy atom. The summed E-state index contributed by atoms with van der Waals surface area (Å²) in [5.41, 5.74) is 0.354. The molecule has 2 unspecified atom stereocenters. The molecule has 11 nitrogen and oxygen atoms in total. The Morgan fingerprint density at radius 2 is 1.74 bits per heavy atom. The highest BCUT2D eigenvalue weighted by Crippen LogP contribution is 2.48. The predicted molar refractivity (Wildman–Crippen MR) is 164 cm³/mol. The number of alkyl halides is 3. The third-order valence-corrected chi connectivity index (χ3v) is 7.93. The van der Waals surface area contributed by atoms with Gasteiger partial charge in [-0.3, -0.25) is 9.59 Å². The Kier molecular flexibility index (Phi) is 9.47. The molecule has 2 aliphatic carbocycles. The number of amides is 2. The fraction of sp³-hybridized carbons (Fsp3) is 0.355. The van der Waals surface area contributed by atoms with Crippen LogP contribution in [0.25, 0.3) is 0 Å². The fourth-order valence-corrected chi connectivity index (χ4v) is 5.02. The first-order chi connectivity index (χ1) is 21.9. The molecule has 0 radical (unpaired) electrons. The maximum Gasteiger partial charge on any atom is 0.422 e. The van der Waals surface area contributed by atoms with Gasteiger partial charge in [-0.2, -0.15) is 28.1 Å². The summed E-state index contributed by atoms with van der Waals surface area (Å²) in [6, 6.07) is 12.9. The molecule has 15 heteroatoms. The zero-order valence-electron chi connectivity index (χ0n) is 24.5. The lowest BCUT2D eigenvalue weighted by Gasteiger charge is -2.19. The van der Waals surface area contributed by atoms with Crippen molar-refractivity contribution in [2.75, 3.05) is 23.8 Å². The van der Waals surface area contributed by atoms with Crippen LogP contribution >= 0.6 is 11.6 Å². The third kappa shape index (κ3) is 8.30. The largest absolute Gasteiger partial charge is 0.454 e. The second kappa shape index (κ2) is 13.3. The van der Waals surface area contributed by atoms with E-state index in [9.17, 15) is 27.6 Å². The number of hydrogen-bond acceptors (Lipinski definition) is 9. The molecule has 2 fully saturated rings. The topological polar surface area (TPSA) is 147 Å². The molecular formula is C31H31ClF3N7O4. The van der Waals surface area contributed by atoms with Crippen molar-refractivity contribution in [3.63, 3.8) is 0 Å². The Balaban J connectivity index is 1.18. The lowest BCUT2D eigenvalue weighted by Crippen LogP contribution is -2.40. The number of carbonyl (C=O) groups is 3. The first-order valence-electron chi connectivity index (χ1n) is 14.5. The molecule has 3 aromatic rings. The molecule has 1 heterocycles. The average Bonchev–Trinajstić information content (AvgIpc) is 3.95. The van der Waals surface area contributed by atoms with Gasteiger partial charge < -0.3 is 30.8 Å². The molecule has 46 heavy (non-hydrogen) atoms. The van der Waals surface area contributed by atoms with Gasteiger partial charge in [0, 0.05) is 35.2 Å². The molecular weight excluding hydrogens is 627 g/mol. The number of rotatable bonds is 15. The highest BCUT2D eigenvalue weighted by atomic mass is 35.5. The van der Waals surface area contributed by atoms with E-state index in [-0.39, 0.29) is 42.6 Å². The molecule has 0 aliphatic heterocycles. The monoisotopic (exact) mass is 657 g/mol. The minimum atomic E-state index is -4.59. The number of nitrogens with zero attached hydrogens (tertiary/aromatic N) is 3. The zero-order chi connectivity index (χ0) is 33.0. The molecule has 1 aromatic heterocycles. The summed E-state index contributed by atoms with van der Waals surface area (Å²) < 4.78 is 43.4. The molecule has 242 valence electrons. The molecule has 2 atom stereocenters. The van der Waals surface area contributed by atoms with Gasteiger partial charge >= 0.3 is 12.2 Å². The summed E-state index contributed by atoms with van der Waals surface area (Å²) in [7, 11) is 0. The molecule has 4 N–H and O–H groups in total. The minimum absolute atomic E-state index is 0.0192. The van der Waals surface area contributed by atoms with Crippen molar-refractivity contribution in [2.45, 2.75) is 49.4 Å². The zero-order valence-corrected chi connectivity index (χ0v) is 25.3. The van der Waals surface area contributed by atoms with E-state index in [2.05, 4.69) is 42.8 Å². The van der Waals surface area contributed by atoms with Crippen LogP contribution in [0.3, 0.4) is 0 Å². The quantitative estimate of drug-likeness (QED) is 0.0998. The molecule has 5 rings (SSSR count). The first kappa shape index (κ1) is 32.7. The van der Waals surface area contributed by atoms with Gasteiger partial charge in [0.05, 0.1) is 5.54 Å². The van der Waals surface area contributed by atoms with Gasteiger partial charge in [0.2, 0.25) is 17.8 Å². The normalized spacial score (nSPS) is 19.3. The maximum absolute atomic E-state index is 12.9. The summed E-state index contributed by atoms with van der Waals surface area (Å²) in [4.78, 5) is 48.5. The number of benzene rings is 2. The lowest BCUT2D eigenvalue weighted by atomic mass is 10.1.